The fourth-order valence-corrected chi connectivity index (χ4v) is 3.38. The molecule has 0 spiro atoms. The predicted molar refractivity (Wildman–Crippen MR) is 115 cm³/mol. The normalized spacial score (nSPS) is 12.5. The van der Waals surface area contributed by atoms with E-state index in [0.717, 1.165) is 11.5 Å². The molecule has 0 fully saturated rings. The average molecular weight is 386 g/mol. The number of aryl methyl sites for hydroxylation is 1. The van der Waals surface area contributed by atoms with Crippen LogP contribution < -0.4 is 10.1 Å². The molecule has 0 saturated carbocycles. The van der Waals surface area contributed by atoms with Crippen molar-refractivity contribution in [3.05, 3.63) is 59.7 Å². The van der Waals surface area contributed by atoms with Gasteiger partial charge in [0, 0.05) is 17.2 Å². The molecule has 0 aliphatic carbocycles. The van der Waals surface area contributed by atoms with Crippen LogP contribution in [0.5, 0.6) is 5.75 Å². The van der Waals surface area contributed by atoms with Crippen molar-refractivity contribution in [2.45, 2.75) is 57.5 Å². The van der Waals surface area contributed by atoms with Gasteiger partial charge in [-0.2, -0.15) is 0 Å². The largest absolute Gasteiger partial charge is 0.481 e. The maximum atomic E-state index is 12.4. The highest BCUT2D eigenvalue weighted by atomic mass is 32.2. The van der Waals surface area contributed by atoms with Crippen molar-refractivity contribution >= 4 is 17.7 Å². The Balaban J connectivity index is 1.80. The van der Waals surface area contributed by atoms with Crippen LogP contribution in [0, 0.1) is 6.92 Å². The van der Waals surface area contributed by atoms with Gasteiger partial charge in [-0.3, -0.25) is 4.79 Å². The Hall–Kier alpha value is -1.94. The third kappa shape index (κ3) is 6.94. The SMILES string of the molecule is CC[C@H](Oc1ccc(C(C)(C)C)cc1)C(=O)NCCSc1ccc(C)cc1. The summed E-state index contributed by atoms with van der Waals surface area (Å²) < 4.78 is 5.90. The van der Waals surface area contributed by atoms with Gasteiger partial charge in [0.15, 0.2) is 6.10 Å². The van der Waals surface area contributed by atoms with Gasteiger partial charge in [0.2, 0.25) is 0 Å². The highest BCUT2D eigenvalue weighted by molar-refractivity contribution is 7.99. The first-order valence-electron chi connectivity index (χ1n) is 9.54. The number of hydrogen-bond acceptors (Lipinski definition) is 3. The number of thioether (sulfide) groups is 1. The number of hydrogen-bond donors (Lipinski definition) is 1. The molecule has 1 atom stereocenters. The Morgan fingerprint density at radius 3 is 2.26 bits per heavy atom. The molecule has 146 valence electrons. The molecule has 2 aromatic rings. The van der Waals surface area contributed by atoms with E-state index in [1.54, 1.807) is 11.8 Å². The lowest BCUT2D eigenvalue weighted by Gasteiger charge is -2.21. The number of nitrogens with one attached hydrogen (secondary N) is 1. The summed E-state index contributed by atoms with van der Waals surface area (Å²) in [7, 11) is 0. The summed E-state index contributed by atoms with van der Waals surface area (Å²) in [6.45, 7) is 11.2. The molecule has 4 heteroatoms. The maximum absolute atomic E-state index is 12.4. The number of carbonyl (C=O) groups is 1. The topological polar surface area (TPSA) is 38.3 Å². The Morgan fingerprint density at radius 2 is 1.70 bits per heavy atom. The van der Waals surface area contributed by atoms with Crippen molar-refractivity contribution in [3.8, 4) is 5.75 Å². The van der Waals surface area contributed by atoms with Crippen molar-refractivity contribution in [3.63, 3.8) is 0 Å². The van der Waals surface area contributed by atoms with Crippen molar-refractivity contribution < 1.29 is 9.53 Å². The third-order valence-corrected chi connectivity index (χ3v) is 5.37. The quantitative estimate of drug-likeness (QED) is 0.491. The molecule has 0 bridgehead atoms. The fourth-order valence-electron chi connectivity index (χ4n) is 2.61. The summed E-state index contributed by atoms with van der Waals surface area (Å²) >= 11 is 1.74. The minimum atomic E-state index is -0.463. The van der Waals surface area contributed by atoms with Gasteiger partial charge in [0.05, 0.1) is 0 Å². The molecule has 0 radical (unpaired) electrons. The molecule has 2 aromatic carbocycles. The molecule has 1 amide bonds. The Kier molecular flexibility index (Phi) is 7.78. The summed E-state index contributed by atoms with van der Waals surface area (Å²) in [6.07, 6.45) is 0.174. The van der Waals surface area contributed by atoms with E-state index in [9.17, 15) is 4.79 Å². The molecular formula is C23H31NO2S. The highest BCUT2D eigenvalue weighted by Gasteiger charge is 2.19. The van der Waals surface area contributed by atoms with Crippen molar-refractivity contribution in [2.75, 3.05) is 12.3 Å². The van der Waals surface area contributed by atoms with Crippen LogP contribution in [0.4, 0.5) is 0 Å². The van der Waals surface area contributed by atoms with E-state index in [0.29, 0.717) is 13.0 Å². The summed E-state index contributed by atoms with van der Waals surface area (Å²) in [5, 5.41) is 2.99. The van der Waals surface area contributed by atoms with Crippen LogP contribution in [0.1, 0.15) is 45.2 Å². The number of rotatable bonds is 8. The van der Waals surface area contributed by atoms with E-state index in [1.807, 2.05) is 19.1 Å². The molecular weight excluding hydrogens is 354 g/mol. The second-order valence-corrected chi connectivity index (χ2v) is 8.91. The molecule has 0 aromatic heterocycles. The standard InChI is InChI=1S/C23H31NO2S/c1-6-21(26-19-11-9-18(10-12-19)23(3,4)5)22(25)24-15-16-27-20-13-7-17(2)8-14-20/h7-14,21H,6,15-16H2,1-5H3,(H,24,25)/t21-/m0/s1. The Labute approximate surface area is 167 Å². The summed E-state index contributed by atoms with van der Waals surface area (Å²) in [6, 6.07) is 16.5. The lowest BCUT2D eigenvalue weighted by atomic mass is 9.87. The molecule has 0 saturated heterocycles. The van der Waals surface area contributed by atoms with Crippen LogP contribution in [0.2, 0.25) is 0 Å². The molecule has 0 aliphatic heterocycles. The Bertz CT molecular complexity index is 718. The van der Waals surface area contributed by atoms with Crippen LogP contribution >= 0.6 is 11.8 Å². The second kappa shape index (κ2) is 9.84. The van der Waals surface area contributed by atoms with E-state index < -0.39 is 6.10 Å². The van der Waals surface area contributed by atoms with Crippen molar-refractivity contribution in [1.82, 2.24) is 5.32 Å². The monoisotopic (exact) mass is 385 g/mol. The van der Waals surface area contributed by atoms with Crippen LogP contribution in [0.3, 0.4) is 0 Å². The minimum absolute atomic E-state index is 0.0538. The highest BCUT2D eigenvalue weighted by Crippen LogP contribution is 2.25. The first kappa shape index (κ1) is 21.4. The predicted octanol–water partition coefficient (Wildman–Crippen LogP) is 5.36. The van der Waals surface area contributed by atoms with Crippen molar-refractivity contribution in [2.24, 2.45) is 0 Å². The zero-order valence-corrected chi connectivity index (χ0v) is 17.9. The van der Waals surface area contributed by atoms with Gasteiger partial charge >= 0.3 is 0 Å². The van der Waals surface area contributed by atoms with Crippen LogP contribution in [-0.2, 0) is 10.2 Å². The number of amides is 1. The van der Waals surface area contributed by atoms with E-state index in [1.165, 1.54) is 16.0 Å². The van der Waals surface area contributed by atoms with E-state index in [4.69, 9.17) is 4.74 Å². The van der Waals surface area contributed by atoms with Gasteiger partial charge < -0.3 is 10.1 Å². The summed E-state index contributed by atoms with van der Waals surface area (Å²) in [5.41, 5.74) is 2.61. The van der Waals surface area contributed by atoms with Crippen LogP contribution in [0.25, 0.3) is 0 Å². The van der Waals surface area contributed by atoms with Gasteiger partial charge in [-0.1, -0.05) is 57.5 Å². The number of ether oxygens (including phenoxy) is 1. The molecule has 3 nitrogen and oxygen atoms in total. The molecule has 1 N–H and O–H groups in total. The molecule has 0 aliphatic rings. The fraction of sp³-hybridized carbons (Fsp3) is 0.435. The molecule has 27 heavy (non-hydrogen) atoms. The van der Waals surface area contributed by atoms with E-state index in [2.05, 4.69) is 69.4 Å². The van der Waals surface area contributed by atoms with Crippen LogP contribution in [-0.4, -0.2) is 24.3 Å². The summed E-state index contributed by atoms with van der Waals surface area (Å²) in [5.74, 6) is 1.52. The first-order valence-corrected chi connectivity index (χ1v) is 10.5. The van der Waals surface area contributed by atoms with E-state index in [-0.39, 0.29) is 11.3 Å². The lowest BCUT2D eigenvalue weighted by Crippen LogP contribution is -2.39. The Morgan fingerprint density at radius 1 is 1.07 bits per heavy atom. The smallest absolute Gasteiger partial charge is 0.261 e. The zero-order valence-electron chi connectivity index (χ0n) is 17.0. The van der Waals surface area contributed by atoms with Crippen LogP contribution in [0.15, 0.2) is 53.4 Å². The van der Waals surface area contributed by atoms with Gasteiger partial charge in [-0.05, 0) is 48.6 Å². The number of benzene rings is 2. The van der Waals surface area contributed by atoms with Gasteiger partial charge in [0.25, 0.3) is 5.91 Å². The van der Waals surface area contributed by atoms with E-state index >= 15 is 0 Å². The third-order valence-electron chi connectivity index (χ3n) is 4.35. The minimum Gasteiger partial charge on any atom is -0.481 e. The first-order chi connectivity index (χ1) is 12.8. The average Bonchev–Trinajstić information content (AvgIpc) is 2.64. The molecule has 0 unspecified atom stereocenters. The molecule has 2 rings (SSSR count). The number of carbonyl (C=O) groups excluding carboxylic acids is 1. The van der Waals surface area contributed by atoms with Gasteiger partial charge in [-0.25, -0.2) is 0 Å². The summed E-state index contributed by atoms with van der Waals surface area (Å²) in [4.78, 5) is 13.6. The second-order valence-electron chi connectivity index (χ2n) is 7.74. The zero-order chi connectivity index (χ0) is 19.9. The maximum Gasteiger partial charge on any atom is 0.261 e. The lowest BCUT2D eigenvalue weighted by molar-refractivity contribution is -0.127. The molecule has 0 heterocycles. The van der Waals surface area contributed by atoms with Crippen molar-refractivity contribution in [1.29, 1.82) is 0 Å². The van der Waals surface area contributed by atoms with Gasteiger partial charge in [-0.15, -0.1) is 11.8 Å². The van der Waals surface area contributed by atoms with Gasteiger partial charge in [0.1, 0.15) is 5.75 Å².